The van der Waals surface area contributed by atoms with Crippen molar-refractivity contribution in [3.63, 3.8) is 0 Å². The summed E-state index contributed by atoms with van der Waals surface area (Å²) >= 11 is 0. The Hall–Kier alpha value is -2.50. The van der Waals surface area contributed by atoms with Gasteiger partial charge in [-0.2, -0.15) is 0 Å². The van der Waals surface area contributed by atoms with Gasteiger partial charge in [0.2, 0.25) is 0 Å². The minimum atomic E-state index is -1.06. The molecule has 0 spiro atoms. The Morgan fingerprint density at radius 1 is 1.32 bits per heavy atom. The summed E-state index contributed by atoms with van der Waals surface area (Å²) in [5.74, 6) is -0.757. The second kappa shape index (κ2) is 5.43. The number of aromatic nitrogens is 3. The van der Waals surface area contributed by atoms with E-state index in [1.54, 1.807) is 6.20 Å². The predicted octanol–water partition coefficient (Wildman–Crippen LogP) is 2.05. The Morgan fingerprint density at radius 2 is 2.11 bits per heavy atom. The van der Waals surface area contributed by atoms with E-state index < -0.39 is 5.97 Å². The Bertz CT molecular complexity index is 583. The molecular formula is C13H14N4O2. The lowest BCUT2D eigenvalue weighted by molar-refractivity contribution is 0.0697. The molecule has 2 heterocycles. The standard InChI is InChI=1S/C13H14N4O2/c1-8-3-4-10(5-15-8)9(2)17-12-11(13(18)19)6-14-7-16-12/h3-7,9H,1-2H3,(H,18,19)(H,14,16,17). The molecule has 2 aromatic rings. The average Bonchev–Trinajstić information content (AvgIpc) is 2.39. The van der Waals surface area contributed by atoms with Gasteiger partial charge in [0.15, 0.2) is 0 Å². The minimum absolute atomic E-state index is 0.0504. The van der Waals surface area contributed by atoms with Gasteiger partial charge in [0, 0.05) is 18.1 Å². The first-order valence-corrected chi connectivity index (χ1v) is 5.80. The van der Waals surface area contributed by atoms with Crippen LogP contribution in [0.2, 0.25) is 0 Å². The van der Waals surface area contributed by atoms with Crippen LogP contribution in [0.4, 0.5) is 5.82 Å². The van der Waals surface area contributed by atoms with Crippen LogP contribution in [-0.4, -0.2) is 26.0 Å². The van der Waals surface area contributed by atoms with Crippen LogP contribution in [0.15, 0.2) is 30.9 Å². The minimum Gasteiger partial charge on any atom is -0.477 e. The van der Waals surface area contributed by atoms with Crippen molar-refractivity contribution in [2.45, 2.75) is 19.9 Å². The predicted molar refractivity (Wildman–Crippen MR) is 70.0 cm³/mol. The molecule has 0 radical (unpaired) electrons. The summed E-state index contributed by atoms with van der Waals surface area (Å²) in [6.07, 6.45) is 4.35. The first-order chi connectivity index (χ1) is 9.08. The van der Waals surface area contributed by atoms with E-state index in [-0.39, 0.29) is 11.6 Å². The van der Waals surface area contributed by atoms with Crippen molar-refractivity contribution < 1.29 is 9.90 Å². The quantitative estimate of drug-likeness (QED) is 0.872. The highest BCUT2D eigenvalue weighted by Crippen LogP contribution is 2.19. The summed E-state index contributed by atoms with van der Waals surface area (Å²) in [5, 5.41) is 12.1. The molecule has 6 heteroatoms. The van der Waals surface area contributed by atoms with Gasteiger partial charge in [-0.15, -0.1) is 0 Å². The highest BCUT2D eigenvalue weighted by Gasteiger charge is 2.14. The maximum Gasteiger partial charge on any atom is 0.341 e. The van der Waals surface area contributed by atoms with E-state index in [0.717, 1.165) is 11.3 Å². The Labute approximate surface area is 110 Å². The van der Waals surface area contributed by atoms with E-state index >= 15 is 0 Å². The summed E-state index contributed by atoms with van der Waals surface area (Å²) in [5.41, 5.74) is 1.94. The topological polar surface area (TPSA) is 88.0 Å². The van der Waals surface area contributed by atoms with Gasteiger partial charge in [-0.1, -0.05) is 6.07 Å². The van der Waals surface area contributed by atoms with Crippen LogP contribution < -0.4 is 5.32 Å². The third-order valence-corrected chi connectivity index (χ3v) is 2.73. The van der Waals surface area contributed by atoms with Crippen molar-refractivity contribution in [2.75, 3.05) is 5.32 Å². The Morgan fingerprint density at radius 3 is 2.74 bits per heavy atom. The highest BCUT2D eigenvalue weighted by molar-refractivity contribution is 5.92. The number of anilines is 1. The number of rotatable bonds is 4. The van der Waals surface area contributed by atoms with Crippen molar-refractivity contribution in [3.05, 3.63) is 47.7 Å². The first-order valence-electron chi connectivity index (χ1n) is 5.80. The summed E-state index contributed by atoms with van der Waals surface area (Å²) < 4.78 is 0. The van der Waals surface area contributed by atoms with Crippen molar-refractivity contribution >= 4 is 11.8 Å². The van der Waals surface area contributed by atoms with E-state index in [4.69, 9.17) is 5.11 Å². The maximum absolute atomic E-state index is 11.1. The van der Waals surface area contributed by atoms with Crippen LogP contribution in [0.5, 0.6) is 0 Å². The van der Waals surface area contributed by atoms with Gasteiger partial charge in [0.05, 0.1) is 6.04 Å². The van der Waals surface area contributed by atoms with Crippen molar-refractivity contribution in [1.82, 2.24) is 15.0 Å². The van der Waals surface area contributed by atoms with E-state index in [1.165, 1.54) is 12.5 Å². The fourth-order valence-electron chi connectivity index (χ4n) is 1.62. The number of pyridine rings is 1. The van der Waals surface area contributed by atoms with Crippen molar-refractivity contribution in [1.29, 1.82) is 0 Å². The molecule has 0 saturated heterocycles. The van der Waals surface area contributed by atoms with Crippen LogP contribution >= 0.6 is 0 Å². The van der Waals surface area contributed by atoms with Gasteiger partial charge in [-0.25, -0.2) is 14.8 Å². The lowest BCUT2D eigenvalue weighted by Gasteiger charge is -2.15. The zero-order valence-corrected chi connectivity index (χ0v) is 10.7. The SMILES string of the molecule is Cc1ccc(C(C)Nc2ncncc2C(=O)O)cn1. The Balaban J connectivity index is 2.21. The molecule has 1 atom stereocenters. The van der Waals surface area contributed by atoms with Gasteiger partial charge < -0.3 is 10.4 Å². The molecule has 0 aliphatic rings. The number of aromatic carboxylic acids is 1. The van der Waals surface area contributed by atoms with E-state index in [9.17, 15) is 4.79 Å². The molecule has 2 rings (SSSR count). The summed E-state index contributed by atoms with van der Waals surface area (Å²) in [6, 6.07) is 3.76. The van der Waals surface area contributed by atoms with Crippen LogP contribution in [0.1, 0.15) is 34.6 Å². The number of carbonyl (C=O) groups is 1. The van der Waals surface area contributed by atoms with Gasteiger partial charge in [0.25, 0.3) is 0 Å². The number of carboxylic acid groups (broad SMARTS) is 1. The largest absolute Gasteiger partial charge is 0.477 e. The molecule has 0 amide bonds. The normalized spacial score (nSPS) is 11.9. The average molecular weight is 258 g/mol. The van der Waals surface area contributed by atoms with Crippen LogP contribution in [0, 0.1) is 6.92 Å². The fraction of sp³-hybridized carbons (Fsp3) is 0.231. The third-order valence-electron chi connectivity index (χ3n) is 2.73. The van der Waals surface area contributed by atoms with Crippen LogP contribution in [0.25, 0.3) is 0 Å². The summed E-state index contributed by atoms with van der Waals surface area (Å²) in [4.78, 5) is 22.9. The molecule has 19 heavy (non-hydrogen) atoms. The first kappa shape index (κ1) is 12.9. The van der Waals surface area contributed by atoms with Crippen molar-refractivity contribution in [2.24, 2.45) is 0 Å². The lowest BCUT2D eigenvalue weighted by atomic mass is 10.1. The second-order valence-corrected chi connectivity index (χ2v) is 4.19. The monoisotopic (exact) mass is 258 g/mol. The zero-order chi connectivity index (χ0) is 13.8. The van der Waals surface area contributed by atoms with Crippen LogP contribution in [-0.2, 0) is 0 Å². The molecule has 0 aliphatic carbocycles. The highest BCUT2D eigenvalue weighted by atomic mass is 16.4. The summed E-state index contributed by atoms with van der Waals surface area (Å²) in [7, 11) is 0. The van der Waals surface area contributed by atoms with Gasteiger partial charge in [-0.05, 0) is 25.5 Å². The molecule has 98 valence electrons. The number of aryl methyl sites for hydroxylation is 1. The van der Waals surface area contributed by atoms with E-state index in [0.29, 0.717) is 5.82 Å². The third kappa shape index (κ3) is 3.04. The molecule has 0 bridgehead atoms. The summed E-state index contributed by atoms with van der Waals surface area (Å²) in [6.45, 7) is 3.83. The second-order valence-electron chi connectivity index (χ2n) is 4.19. The molecule has 6 nitrogen and oxygen atoms in total. The molecule has 0 saturated carbocycles. The number of nitrogens with zero attached hydrogens (tertiary/aromatic N) is 3. The van der Waals surface area contributed by atoms with E-state index in [1.807, 2.05) is 26.0 Å². The lowest BCUT2D eigenvalue weighted by Crippen LogP contribution is -2.12. The molecule has 1 unspecified atom stereocenters. The van der Waals surface area contributed by atoms with Gasteiger partial charge in [0.1, 0.15) is 17.7 Å². The smallest absolute Gasteiger partial charge is 0.341 e. The van der Waals surface area contributed by atoms with Crippen molar-refractivity contribution in [3.8, 4) is 0 Å². The molecule has 2 aromatic heterocycles. The fourth-order valence-corrected chi connectivity index (χ4v) is 1.62. The van der Waals surface area contributed by atoms with Gasteiger partial charge in [-0.3, -0.25) is 4.98 Å². The number of carboxylic acids is 1. The number of nitrogens with one attached hydrogen (secondary N) is 1. The maximum atomic E-state index is 11.1. The molecule has 2 N–H and O–H groups in total. The molecular weight excluding hydrogens is 244 g/mol. The molecule has 0 fully saturated rings. The number of hydrogen-bond donors (Lipinski definition) is 2. The zero-order valence-electron chi connectivity index (χ0n) is 10.7. The van der Waals surface area contributed by atoms with E-state index in [2.05, 4.69) is 20.3 Å². The molecule has 0 aliphatic heterocycles. The number of hydrogen-bond acceptors (Lipinski definition) is 5. The van der Waals surface area contributed by atoms with Gasteiger partial charge >= 0.3 is 5.97 Å². The van der Waals surface area contributed by atoms with Crippen LogP contribution in [0.3, 0.4) is 0 Å². The molecule has 0 aromatic carbocycles. The Kier molecular flexibility index (Phi) is 3.70.